The summed E-state index contributed by atoms with van der Waals surface area (Å²) in [6, 6.07) is 0.0695. The van der Waals surface area contributed by atoms with Gasteiger partial charge < -0.3 is 15.4 Å². The summed E-state index contributed by atoms with van der Waals surface area (Å²) in [5, 5.41) is 0. The quantitative estimate of drug-likeness (QED) is 0.845. The van der Waals surface area contributed by atoms with Gasteiger partial charge in [0.15, 0.2) is 0 Å². The zero-order chi connectivity index (χ0) is 13.8. The van der Waals surface area contributed by atoms with E-state index in [1.165, 1.54) is 12.8 Å². The Hall–Kier alpha value is -0.610. The molecule has 1 aliphatic carbocycles. The first-order chi connectivity index (χ1) is 9.15. The smallest absolute Gasteiger partial charge is 0.240 e. The van der Waals surface area contributed by atoms with Gasteiger partial charge >= 0.3 is 0 Å². The third kappa shape index (κ3) is 3.29. The van der Waals surface area contributed by atoms with E-state index in [0.29, 0.717) is 17.9 Å². The van der Waals surface area contributed by atoms with Crippen LogP contribution in [-0.2, 0) is 9.53 Å². The molecule has 0 bridgehead atoms. The molecule has 0 aromatic rings. The molecular weight excluding hydrogens is 240 g/mol. The lowest BCUT2D eigenvalue weighted by atomic mass is 9.90. The van der Waals surface area contributed by atoms with Crippen molar-refractivity contribution in [2.45, 2.75) is 58.0 Å². The minimum atomic E-state index is -0.336. The summed E-state index contributed by atoms with van der Waals surface area (Å²) in [6.07, 6.45) is 5.46. The van der Waals surface area contributed by atoms with Crippen LogP contribution in [0.2, 0.25) is 0 Å². The largest absolute Gasteiger partial charge is 0.381 e. The first-order valence-electron chi connectivity index (χ1n) is 7.79. The molecule has 1 saturated carbocycles. The van der Waals surface area contributed by atoms with Crippen molar-refractivity contribution in [3.63, 3.8) is 0 Å². The predicted octanol–water partition coefficient (Wildman–Crippen LogP) is 1.78. The van der Waals surface area contributed by atoms with Crippen molar-refractivity contribution >= 4 is 5.91 Å². The Morgan fingerprint density at radius 2 is 2.00 bits per heavy atom. The van der Waals surface area contributed by atoms with Gasteiger partial charge in [-0.3, -0.25) is 4.79 Å². The fourth-order valence-corrected chi connectivity index (χ4v) is 3.61. The second kappa shape index (κ2) is 6.71. The Bertz CT molecular complexity index is 303. The number of likely N-dealkylation sites (N-methyl/N-ethyl adjacent to an activating group) is 1. The van der Waals surface area contributed by atoms with Gasteiger partial charge in [0.05, 0.1) is 6.04 Å². The van der Waals surface area contributed by atoms with E-state index in [2.05, 4.69) is 13.8 Å². The fourth-order valence-electron chi connectivity index (χ4n) is 3.61. The van der Waals surface area contributed by atoms with Gasteiger partial charge in [-0.15, -0.1) is 0 Å². The Morgan fingerprint density at radius 1 is 1.32 bits per heavy atom. The molecule has 2 aliphatic rings. The minimum Gasteiger partial charge on any atom is -0.381 e. The van der Waals surface area contributed by atoms with Crippen LogP contribution < -0.4 is 5.73 Å². The molecule has 110 valence electrons. The number of amides is 1. The van der Waals surface area contributed by atoms with E-state index in [1.807, 2.05) is 4.90 Å². The van der Waals surface area contributed by atoms with Crippen molar-refractivity contribution in [1.29, 1.82) is 0 Å². The Labute approximate surface area is 116 Å². The highest BCUT2D eigenvalue weighted by atomic mass is 16.5. The summed E-state index contributed by atoms with van der Waals surface area (Å²) in [5.74, 6) is 1.07. The van der Waals surface area contributed by atoms with Crippen LogP contribution >= 0.6 is 0 Å². The molecule has 0 spiro atoms. The van der Waals surface area contributed by atoms with E-state index >= 15 is 0 Å². The number of carbonyl (C=O) groups is 1. The summed E-state index contributed by atoms with van der Waals surface area (Å²) < 4.78 is 5.35. The van der Waals surface area contributed by atoms with Gasteiger partial charge in [-0.05, 0) is 44.4 Å². The molecule has 1 saturated heterocycles. The number of nitrogens with two attached hydrogens (primary N) is 1. The summed E-state index contributed by atoms with van der Waals surface area (Å²) in [7, 11) is 0. The second-order valence-electron chi connectivity index (χ2n) is 6.08. The highest BCUT2D eigenvalue weighted by Gasteiger charge is 2.35. The molecule has 1 aliphatic heterocycles. The Kier molecular flexibility index (Phi) is 5.22. The third-order valence-corrected chi connectivity index (χ3v) is 4.90. The fraction of sp³-hybridized carbons (Fsp3) is 0.933. The van der Waals surface area contributed by atoms with Gasteiger partial charge in [0.1, 0.15) is 0 Å². The summed E-state index contributed by atoms with van der Waals surface area (Å²) in [5.41, 5.74) is 6.23. The lowest BCUT2D eigenvalue weighted by molar-refractivity contribution is -0.137. The van der Waals surface area contributed by atoms with Crippen LogP contribution in [-0.4, -0.2) is 42.6 Å². The van der Waals surface area contributed by atoms with Crippen molar-refractivity contribution in [1.82, 2.24) is 4.90 Å². The van der Waals surface area contributed by atoms with Crippen LogP contribution in [0.4, 0.5) is 0 Å². The van der Waals surface area contributed by atoms with Gasteiger partial charge in [-0.1, -0.05) is 13.3 Å². The maximum atomic E-state index is 12.7. The third-order valence-electron chi connectivity index (χ3n) is 4.90. The van der Waals surface area contributed by atoms with Gasteiger partial charge in [-0.25, -0.2) is 0 Å². The summed E-state index contributed by atoms with van der Waals surface area (Å²) in [4.78, 5) is 14.7. The molecule has 0 radical (unpaired) electrons. The van der Waals surface area contributed by atoms with E-state index in [0.717, 1.165) is 39.0 Å². The average molecular weight is 268 g/mol. The van der Waals surface area contributed by atoms with E-state index in [-0.39, 0.29) is 11.9 Å². The molecule has 2 rings (SSSR count). The maximum absolute atomic E-state index is 12.7. The van der Waals surface area contributed by atoms with Crippen LogP contribution in [0.15, 0.2) is 0 Å². The SMILES string of the molecule is CCN(C(=O)C(N)C1CCOCC1)C1CCCC1C. The Morgan fingerprint density at radius 3 is 2.53 bits per heavy atom. The molecule has 19 heavy (non-hydrogen) atoms. The van der Waals surface area contributed by atoms with Crippen molar-refractivity contribution in [2.24, 2.45) is 17.6 Å². The monoisotopic (exact) mass is 268 g/mol. The Balaban J connectivity index is 1.98. The highest BCUT2D eigenvalue weighted by Crippen LogP contribution is 2.30. The number of rotatable bonds is 4. The number of carbonyl (C=O) groups excluding carboxylic acids is 1. The van der Waals surface area contributed by atoms with Crippen LogP contribution in [0.1, 0.15) is 46.0 Å². The van der Waals surface area contributed by atoms with Gasteiger partial charge in [-0.2, -0.15) is 0 Å². The molecule has 0 aromatic heterocycles. The number of hydrogen-bond acceptors (Lipinski definition) is 3. The molecule has 2 fully saturated rings. The van der Waals surface area contributed by atoms with Crippen LogP contribution in [0.3, 0.4) is 0 Å². The number of ether oxygens (including phenoxy) is 1. The normalized spacial score (nSPS) is 30.3. The van der Waals surface area contributed by atoms with Crippen molar-refractivity contribution in [2.75, 3.05) is 19.8 Å². The van der Waals surface area contributed by atoms with Gasteiger partial charge in [0.2, 0.25) is 5.91 Å². The van der Waals surface area contributed by atoms with E-state index < -0.39 is 0 Å². The van der Waals surface area contributed by atoms with Crippen LogP contribution in [0.25, 0.3) is 0 Å². The maximum Gasteiger partial charge on any atom is 0.240 e. The zero-order valence-electron chi connectivity index (χ0n) is 12.3. The van der Waals surface area contributed by atoms with Gasteiger partial charge in [0.25, 0.3) is 0 Å². The molecule has 4 heteroatoms. The lowest BCUT2D eigenvalue weighted by Gasteiger charge is -2.36. The first kappa shape index (κ1) is 14.8. The molecule has 3 unspecified atom stereocenters. The molecular formula is C15H28N2O2. The lowest BCUT2D eigenvalue weighted by Crippen LogP contribution is -2.52. The van der Waals surface area contributed by atoms with Crippen LogP contribution in [0, 0.1) is 11.8 Å². The van der Waals surface area contributed by atoms with E-state index in [9.17, 15) is 4.79 Å². The average Bonchev–Trinajstić information content (AvgIpc) is 2.86. The molecule has 3 atom stereocenters. The van der Waals surface area contributed by atoms with Crippen molar-refractivity contribution in [3.8, 4) is 0 Å². The standard InChI is InChI=1S/C15H28N2O2/c1-3-17(13-6-4-5-11(13)2)15(18)14(16)12-7-9-19-10-8-12/h11-14H,3-10,16H2,1-2H3. The van der Waals surface area contributed by atoms with E-state index in [1.54, 1.807) is 0 Å². The molecule has 0 aromatic carbocycles. The predicted molar refractivity (Wildman–Crippen MR) is 75.7 cm³/mol. The number of nitrogens with zero attached hydrogens (tertiary/aromatic N) is 1. The van der Waals surface area contributed by atoms with E-state index in [4.69, 9.17) is 10.5 Å². The van der Waals surface area contributed by atoms with Gasteiger partial charge in [0, 0.05) is 25.8 Å². The summed E-state index contributed by atoms with van der Waals surface area (Å²) in [6.45, 7) is 6.60. The second-order valence-corrected chi connectivity index (χ2v) is 6.08. The topological polar surface area (TPSA) is 55.6 Å². The molecule has 2 N–H and O–H groups in total. The van der Waals surface area contributed by atoms with Crippen molar-refractivity contribution < 1.29 is 9.53 Å². The minimum absolute atomic E-state index is 0.160. The molecule has 4 nitrogen and oxygen atoms in total. The molecule has 1 heterocycles. The number of hydrogen-bond donors (Lipinski definition) is 1. The first-order valence-corrected chi connectivity index (χ1v) is 7.79. The summed E-state index contributed by atoms with van der Waals surface area (Å²) >= 11 is 0. The molecule has 1 amide bonds. The van der Waals surface area contributed by atoms with Crippen molar-refractivity contribution in [3.05, 3.63) is 0 Å². The highest BCUT2D eigenvalue weighted by molar-refractivity contribution is 5.82. The zero-order valence-corrected chi connectivity index (χ0v) is 12.3. The van der Waals surface area contributed by atoms with Crippen LogP contribution in [0.5, 0.6) is 0 Å².